The van der Waals surface area contributed by atoms with Gasteiger partial charge in [0.1, 0.15) is 49.2 Å². The van der Waals surface area contributed by atoms with Crippen molar-refractivity contribution in [2.75, 3.05) is 105 Å². The minimum Gasteiger partial charge on any atom is -0.508 e. The molecule has 0 spiro atoms. The van der Waals surface area contributed by atoms with Gasteiger partial charge in [0, 0.05) is 45.8 Å². The first-order valence-electron chi connectivity index (χ1n) is 25.5. The Morgan fingerprint density at radius 1 is 0.625 bits per heavy atom. The number of phenolic OH excluding ortho intramolecular Hbond substituents is 1. The van der Waals surface area contributed by atoms with Crippen LogP contribution >= 0.6 is 0 Å². The quantitative estimate of drug-likeness (QED) is 0.00950. The topological polar surface area (TPSA) is 513 Å². The third kappa shape index (κ3) is 29.8. The fourth-order valence-corrected chi connectivity index (χ4v) is 7.31. The van der Waals surface area contributed by atoms with Crippen LogP contribution in [-0.4, -0.2) is 227 Å². The molecule has 33 nitrogen and oxygen atoms in total. The van der Waals surface area contributed by atoms with Gasteiger partial charge in [0.2, 0.25) is 59.1 Å². The van der Waals surface area contributed by atoms with Crippen molar-refractivity contribution in [1.29, 1.82) is 0 Å². The number of aliphatic hydroxyl groups excluding tert-OH is 1. The number of nitrogens with zero attached hydrogens (tertiary/aromatic N) is 2. The Hall–Kier alpha value is -7.82. The van der Waals surface area contributed by atoms with Gasteiger partial charge in [0.15, 0.2) is 5.96 Å². The Bertz CT molecular complexity index is 2210. The van der Waals surface area contributed by atoms with Gasteiger partial charge in [-0.1, -0.05) is 12.1 Å². The fourth-order valence-electron chi connectivity index (χ4n) is 7.31. The van der Waals surface area contributed by atoms with Crippen molar-refractivity contribution in [3.63, 3.8) is 0 Å². The molecule has 1 fully saturated rings. The lowest BCUT2D eigenvalue weighted by atomic mass is 10.0. The summed E-state index contributed by atoms with van der Waals surface area (Å²) in [6.45, 7) is -0.685. The van der Waals surface area contributed by atoms with Crippen LogP contribution in [0, 0.1) is 0 Å². The van der Waals surface area contributed by atoms with Crippen LogP contribution in [0.1, 0.15) is 50.5 Å². The number of aliphatic carboxylic acids is 1. The number of phenols is 1. The first-order chi connectivity index (χ1) is 38.2. The van der Waals surface area contributed by atoms with Crippen molar-refractivity contribution in [3.8, 4) is 5.75 Å². The molecule has 1 aliphatic rings. The smallest absolute Gasteiger partial charge is 0.305 e. The zero-order valence-corrected chi connectivity index (χ0v) is 44.3. The molecule has 0 aromatic heterocycles. The van der Waals surface area contributed by atoms with Crippen molar-refractivity contribution < 1.29 is 87.0 Å². The normalized spacial score (nSPS) is 14.2. The summed E-state index contributed by atoms with van der Waals surface area (Å²) in [7, 11) is 0. The highest BCUT2D eigenvalue weighted by atomic mass is 16.5. The number of likely N-dealkylation sites (tertiary alicyclic amines) is 1. The number of rotatable bonds is 42. The first kappa shape index (κ1) is 68.3. The van der Waals surface area contributed by atoms with Crippen LogP contribution in [0.25, 0.3) is 0 Å². The fraction of sp³-hybridized carbons (Fsp3) is 0.617. The molecule has 0 unspecified atom stereocenters. The number of carboxylic acids is 1. The van der Waals surface area contributed by atoms with Crippen LogP contribution in [0.15, 0.2) is 29.3 Å². The Balaban J connectivity index is 1.89. The van der Waals surface area contributed by atoms with Gasteiger partial charge in [0.05, 0.1) is 59.1 Å². The largest absolute Gasteiger partial charge is 0.508 e. The van der Waals surface area contributed by atoms with Crippen LogP contribution in [-0.2, 0) is 78.1 Å². The lowest BCUT2D eigenvalue weighted by Gasteiger charge is -2.28. The highest BCUT2D eigenvalue weighted by Crippen LogP contribution is 2.18. The summed E-state index contributed by atoms with van der Waals surface area (Å²) in [5.74, 6) is -5.00. The van der Waals surface area contributed by atoms with Crippen molar-refractivity contribution >= 4 is 71.0 Å². The van der Waals surface area contributed by atoms with Gasteiger partial charge in [-0.2, -0.15) is 0 Å². The van der Waals surface area contributed by atoms with Gasteiger partial charge in [-0.25, -0.2) is 0 Å². The van der Waals surface area contributed by atoms with E-state index >= 15 is 0 Å². The summed E-state index contributed by atoms with van der Waals surface area (Å²) >= 11 is 0. The molecule has 1 heterocycles. The van der Waals surface area contributed by atoms with E-state index in [4.69, 9.17) is 42.0 Å². The van der Waals surface area contributed by atoms with Gasteiger partial charge in [-0.15, -0.1) is 0 Å². The second kappa shape index (κ2) is 39.5. The maximum Gasteiger partial charge on any atom is 0.305 e. The van der Waals surface area contributed by atoms with Crippen LogP contribution in [0.4, 0.5) is 0 Å². The molecule has 20 N–H and O–H groups in total. The van der Waals surface area contributed by atoms with Gasteiger partial charge < -0.3 is 98.9 Å². The van der Waals surface area contributed by atoms with E-state index in [1.807, 2.05) is 0 Å². The number of nitrogens with two attached hydrogens (primary N) is 4. The number of nitrogens with one attached hydrogen (secondary N) is 9. The summed E-state index contributed by atoms with van der Waals surface area (Å²) in [5, 5.41) is 48.3. The maximum atomic E-state index is 13.5. The van der Waals surface area contributed by atoms with Crippen LogP contribution < -0.4 is 71.0 Å². The predicted octanol–water partition coefficient (Wildman–Crippen LogP) is -8.35. The number of aliphatic imine (C=N–C) groups is 1. The van der Waals surface area contributed by atoms with Crippen LogP contribution in [0.2, 0.25) is 0 Å². The number of ether oxygens (including phenoxy) is 4. The van der Waals surface area contributed by atoms with Crippen LogP contribution in [0.5, 0.6) is 5.75 Å². The van der Waals surface area contributed by atoms with Gasteiger partial charge in [0.25, 0.3) is 0 Å². The SMILES string of the molecule is NNCC(=O)NCCCOCCOCCOCCCNC(=O)COCC(=O)N[C@@H](Cc1ccc(O)cc1)C(=O)NCC(=O)N[C@@H](CCCN=C(N)N)C(=O)NCC(=O)N[C@@H](CC(=O)O)C(=O)N[C@@H](CO)C(=O)N1CCC[C@H]1C(N)=O. The molecule has 5 atom stereocenters. The van der Waals surface area contributed by atoms with Gasteiger partial charge in [-0.05, 0) is 56.2 Å². The second-order valence-electron chi connectivity index (χ2n) is 17.7. The molecule has 10 amide bonds. The van der Waals surface area contributed by atoms with E-state index in [2.05, 4.69) is 53.0 Å². The molecule has 1 aromatic carbocycles. The highest BCUT2D eigenvalue weighted by molar-refractivity contribution is 5.97. The van der Waals surface area contributed by atoms with Gasteiger partial charge in [-0.3, -0.25) is 69.0 Å². The van der Waals surface area contributed by atoms with Gasteiger partial charge >= 0.3 is 5.97 Å². The molecule has 1 saturated heterocycles. The number of aliphatic hydroxyl groups is 1. The number of hydrogen-bond donors (Lipinski definition) is 16. The molecule has 0 bridgehead atoms. The summed E-state index contributed by atoms with van der Waals surface area (Å²) in [4.78, 5) is 144. The van der Waals surface area contributed by atoms with Crippen molar-refractivity contribution in [1.82, 2.24) is 52.9 Å². The summed E-state index contributed by atoms with van der Waals surface area (Å²) < 4.78 is 21.6. The van der Waals surface area contributed by atoms with Crippen LogP contribution in [0.3, 0.4) is 0 Å². The third-order valence-electron chi connectivity index (χ3n) is 11.2. The third-order valence-corrected chi connectivity index (χ3v) is 11.2. The number of amides is 10. The predicted molar refractivity (Wildman–Crippen MR) is 279 cm³/mol. The number of aromatic hydroxyl groups is 1. The molecule has 2 rings (SSSR count). The van der Waals surface area contributed by atoms with E-state index < -0.39 is 129 Å². The minimum absolute atomic E-state index is 0.00439. The number of carboxylic acid groups (broad SMARTS) is 1. The zero-order valence-electron chi connectivity index (χ0n) is 44.3. The first-order valence-corrected chi connectivity index (χ1v) is 25.5. The van der Waals surface area contributed by atoms with Crippen molar-refractivity contribution in [2.45, 2.75) is 81.6 Å². The standard InChI is InChI=1S/C47H77N15O18/c48-42(72)35-6-2-14-62(35)46(76)34(26-63)61-45(75)33(22-41(70)71)59-38(67)24-55-43(73)31(5-1-11-54-47(49)50)58-37(66)23-56-44(74)32(21-29-7-9-30(64)10-8-29)60-40(69)28-80-27-39(68)53-13-4-16-78-18-20-79-19-17-77-15-3-12-52-36(65)25-57-51/h7-10,31-35,57,63-64H,1-6,11-28,51H2,(H2,48,72)(H,52,65)(H,53,68)(H,55,73)(H,56,74)(H,58,66)(H,59,67)(H,60,69)(H,61,75)(H,70,71)(H4,49,50,54)/t31-,32-,33-,34-,35-/m0/s1. The van der Waals surface area contributed by atoms with E-state index in [1.54, 1.807) is 0 Å². The maximum absolute atomic E-state index is 13.5. The molecule has 448 valence electrons. The summed E-state index contributed by atoms with van der Waals surface area (Å²) in [6.07, 6.45) is 0.626. The number of primary amides is 1. The molecule has 33 heteroatoms. The molecule has 1 aromatic rings. The molecular weight excluding hydrogens is 1060 g/mol. The Morgan fingerprint density at radius 2 is 1.18 bits per heavy atom. The lowest BCUT2D eigenvalue weighted by molar-refractivity contribution is -0.143. The Kier molecular flexibility index (Phi) is 33.7. The number of carbonyl (C=O) groups is 11. The molecule has 0 aliphatic carbocycles. The Labute approximate surface area is 460 Å². The minimum atomic E-state index is -1.82. The summed E-state index contributed by atoms with van der Waals surface area (Å²) in [5.41, 5.74) is 18.9. The van der Waals surface area contributed by atoms with E-state index in [1.165, 1.54) is 24.3 Å². The number of hydrogen-bond acceptors (Lipinski definition) is 20. The Morgan fingerprint density at radius 3 is 1.74 bits per heavy atom. The monoisotopic (exact) mass is 1140 g/mol. The number of hydrazine groups is 1. The van der Waals surface area contributed by atoms with Crippen molar-refractivity contribution in [2.24, 2.45) is 28.0 Å². The molecule has 1 aliphatic heterocycles. The zero-order chi connectivity index (χ0) is 59.2. The highest BCUT2D eigenvalue weighted by Gasteiger charge is 2.38. The van der Waals surface area contributed by atoms with E-state index in [0.717, 1.165) is 4.90 Å². The molecule has 0 saturated carbocycles. The van der Waals surface area contributed by atoms with E-state index in [-0.39, 0.29) is 69.5 Å². The summed E-state index contributed by atoms with van der Waals surface area (Å²) in [6, 6.07) is -1.48. The average Bonchev–Trinajstić information content (AvgIpc) is 3.92. The second-order valence-corrected chi connectivity index (χ2v) is 17.7. The number of guanidine groups is 1. The molecule has 80 heavy (non-hydrogen) atoms. The number of benzene rings is 1. The number of carbonyl (C=O) groups excluding carboxylic acids is 10. The average molecular weight is 1140 g/mol. The lowest BCUT2D eigenvalue weighted by Crippen LogP contribution is -2.58. The van der Waals surface area contributed by atoms with E-state index in [9.17, 15) is 68.1 Å². The molecule has 0 radical (unpaired) electrons. The molecular formula is C47H77N15O18. The van der Waals surface area contributed by atoms with Crippen molar-refractivity contribution in [3.05, 3.63) is 29.8 Å². The van der Waals surface area contributed by atoms with E-state index in [0.29, 0.717) is 71.0 Å².